The number of nitro groups is 1. The third kappa shape index (κ3) is 5.88. The third-order valence-electron chi connectivity index (χ3n) is 4.91. The number of carbonyl (C=O) groups excluding carboxylic acids is 1. The number of ether oxygens (including phenoxy) is 1. The number of thioether (sulfide) groups is 1. The second kappa shape index (κ2) is 11.5. The van der Waals surface area contributed by atoms with Gasteiger partial charge >= 0.3 is 0 Å². The molecule has 1 heterocycles. The molecule has 0 bridgehead atoms. The maximum atomic E-state index is 12.4. The maximum Gasteiger partial charge on any atom is 0.270 e. The molecule has 0 aliphatic rings. The fourth-order valence-corrected chi connectivity index (χ4v) is 4.09. The fourth-order valence-electron chi connectivity index (χ4n) is 3.18. The molecule has 0 saturated heterocycles. The molecule has 4 aromatic rings. The van der Waals surface area contributed by atoms with Crippen LogP contribution in [-0.2, 0) is 4.79 Å². The van der Waals surface area contributed by atoms with Crippen molar-refractivity contribution in [2.24, 2.45) is 5.10 Å². The van der Waals surface area contributed by atoms with Crippen LogP contribution in [0.25, 0.3) is 17.1 Å². The number of benzene rings is 3. The lowest BCUT2D eigenvalue weighted by atomic mass is 10.2. The van der Waals surface area contributed by atoms with E-state index in [1.165, 1.54) is 36.2 Å². The van der Waals surface area contributed by atoms with Crippen molar-refractivity contribution in [3.8, 4) is 22.8 Å². The topological polar surface area (TPSA) is 125 Å². The van der Waals surface area contributed by atoms with Crippen molar-refractivity contribution in [3.63, 3.8) is 0 Å². The average molecular weight is 523 g/mol. The van der Waals surface area contributed by atoms with Crippen molar-refractivity contribution in [3.05, 3.63) is 93.5 Å². The third-order valence-corrected chi connectivity index (χ3v) is 6.18. The Balaban J connectivity index is 1.50. The van der Waals surface area contributed by atoms with E-state index in [4.69, 9.17) is 16.3 Å². The molecule has 0 spiro atoms. The van der Waals surface area contributed by atoms with Gasteiger partial charge in [-0.3, -0.25) is 19.5 Å². The van der Waals surface area contributed by atoms with Gasteiger partial charge in [0.05, 0.1) is 24.0 Å². The van der Waals surface area contributed by atoms with Crippen LogP contribution in [-0.4, -0.2) is 44.7 Å². The molecular weight excluding hydrogens is 504 g/mol. The number of methoxy groups -OCH3 is 1. The summed E-state index contributed by atoms with van der Waals surface area (Å²) >= 11 is 7.24. The predicted octanol–water partition coefficient (Wildman–Crippen LogP) is 4.75. The fraction of sp³-hybridized carbons (Fsp3) is 0.0833. The molecule has 1 amide bonds. The van der Waals surface area contributed by atoms with E-state index in [0.717, 1.165) is 11.3 Å². The summed E-state index contributed by atoms with van der Waals surface area (Å²) in [7, 11) is 1.60. The minimum absolute atomic E-state index is 0.00306. The number of aromatic nitrogens is 3. The molecule has 1 aromatic heterocycles. The summed E-state index contributed by atoms with van der Waals surface area (Å²) in [6.07, 6.45) is 1.26. The Bertz CT molecular complexity index is 1410. The number of carbonyl (C=O) groups is 1. The quantitative estimate of drug-likeness (QED) is 0.145. The highest BCUT2D eigenvalue weighted by molar-refractivity contribution is 7.99. The molecule has 0 unspecified atom stereocenters. The van der Waals surface area contributed by atoms with Gasteiger partial charge in [0.15, 0.2) is 11.0 Å². The van der Waals surface area contributed by atoms with Gasteiger partial charge in [-0.05, 0) is 30.3 Å². The summed E-state index contributed by atoms with van der Waals surface area (Å²) in [5.74, 6) is 0.942. The number of hydrogen-bond donors (Lipinski definition) is 1. The zero-order chi connectivity index (χ0) is 25.5. The van der Waals surface area contributed by atoms with Crippen LogP contribution in [0.2, 0.25) is 5.02 Å². The van der Waals surface area contributed by atoms with E-state index in [1.54, 1.807) is 7.11 Å². The van der Waals surface area contributed by atoms with Crippen LogP contribution in [0.1, 0.15) is 5.56 Å². The molecule has 10 nitrogen and oxygen atoms in total. The second-order valence-corrected chi connectivity index (χ2v) is 8.60. The van der Waals surface area contributed by atoms with Gasteiger partial charge < -0.3 is 4.74 Å². The molecule has 0 atom stereocenters. The molecule has 36 heavy (non-hydrogen) atoms. The number of nitrogens with one attached hydrogen (secondary N) is 1. The first kappa shape index (κ1) is 24.9. The van der Waals surface area contributed by atoms with Crippen molar-refractivity contribution in [1.82, 2.24) is 20.2 Å². The number of amides is 1. The number of nitro benzene ring substituents is 1. The Morgan fingerprint density at radius 2 is 1.92 bits per heavy atom. The Morgan fingerprint density at radius 1 is 1.17 bits per heavy atom. The standard InChI is InChI=1S/C24H19ClN6O4S/c1-35-20-10-7-18(8-11-20)30-23(16-5-3-2-4-6-16)28-29-24(30)36-15-22(32)27-26-14-17-13-19(31(33)34)9-12-21(17)25/h2-14H,15H2,1H3,(H,27,32)/b26-14+. The van der Waals surface area contributed by atoms with Gasteiger partial charge in [-0.1, -0.05) is 53.7 Å². The van der Waals surface area contributed by atoms with E-state index in [1.807, 2.05) is 59.2 Å². The van der Waals surface area contributed by atoms with Crippen molar-refractivity contribution in [2.75, 3.05) is 12.9 Å². The van der Waals surface area contributed by atoms with Crippen LogP contribution in [0.3, 0.4) is 0 Å². The first-order chi connectivity index (χ1) is 17.5. The summed E-state index contributed by atoms with van der Waals surface area (Å²) in [5.41, 5.74) is 4.26. The zero-order valence-electron chi connectivity index (χ0n) is 18.9. The normalized spacial score (nSPS) is 10.9. The van der Waals surface area contributed by atoms with Gasteiger partial charge in [0, 0.05) is 34.0 Å². The van der Waals surface area contributed by atoms with Crippen LogP contribution in [0.4, 0.5) is 5.69 Å². The van der Waals surface area contributed by atoms with Crippen LogP contribution in [0.5, 0.6) is 5.75 Å². The Labute approximate surface area is 215 Å². The van der Waals surface area contributed by atoms with Crippen molar-refractivity contribution in [1.29, 1.82) is 0 Å². The second-order valence-electron chi connectivity index (χ2n) is 7.25. The zero-order valence-corrected chi connectivity index (χ0v) is 20.4. The largest absolute Gasteiger partial charge is 0.497 e. The molecule has 182 valence electrons. The molecule has 4 rings (SSSR count). The number of non-ortho nitro benzene ring substituents is 1. The summed E-state index contributed by atoms with van der Waals surface area (Å²) in [6, 6.07) is 21.0. The lowest BCUT2D eigenvalue weighted by Gasteiger charge is -2.11. The van der Waals surface area contributed by atoms with Gasteiger partial charge in [0.25, 0.3) is 11.6 Å². The monoisotopic (exact) mass is 522 g/mol. The first-order valence-electron chi connectivity index (χ1n) is 10.5. The smallest absolute Gasteiger partial charge is 0.270 e. The molecule has 0 saturated carbocycles. The molecule has 0 radical (unpaired) electrons. The van der Waals surface area contributed by atoms with Crippen LogP contribution >= 0.6 is 23.4 Å². The van der Waals surface area contributed by atoms with E-state index in [2.05, 4.69) is 20.7 Å². The summed E-state index contributed by atoms with van der Waals surface area (Å²) < 4.78 is 7.11. The number of nitrogens with zero attached hydrogens (tertiary/aromatic N) is 5. The van der Waals surface area contributed by atoms with Crippen LogP contribution < -0.4 is 10.2 Å². The van der Waals surface area contributed by atoms with Gasteiger partial charge in [0.1, 0.15) is 5.75 Å². The molecule has 0 fully saturated rings. The van der Waals surface area contributed by atoms with E-state index in [0.29, 0.717) is 22.3 Å². The highest BCUT2D eigenvalue weighted by Crippen LogP contribution is 2.28. The molecule has 1 N–H and O–H groups in total. The maximum absolute atomic E-state index is 12.4. The predicted molar refractivity (Wildman–Crippen MR) is 138 cm³/mol. The Hall–Kier alpha value is -4.22. The minimum atomic E-state index is -0.536. The summed E-state index contributed by atoms with van der Waals surface area (Å²) in [4.78, 5) is 22.8. The van der Waals surface area contributed by atoms with Gasteiger partial charge in [-0.25, -0.2) is 5.43 Å². The van der Waals surface area contributed by atoms with Crippen molar-refractivity contribution >= 4 is 41.2 Å². The molecule has 3 aromatic carbocycles. The Morgan fingerprint density at radius 3 is 2.61 bits per heavy atom. The summed E-state index contributed by atoms with van der Waals surface area (Å²) in [6.45, 7) is 0. The SMILES string of the molecule is COc1ccc(-n2c(SCC(=O)N/N=C/c3cc([N+](=O)[O-])ccc3Cl)nnc2-c2ccccc2)cc1. The van der Waals surface area contributed by atoms with Crippen LogP contribution in [0, 0.1) is 10.1 Å². The number of halogens is 1. The van der Waals surface area contributed by atoms with E-state index < -0.39 is 10.8 Å². The van der Waals surface area contributed by atoms with E-state index in [-0.39, 0.29) is 16.5 Å². The molecule has 0 aliphatic carbocycles. The van der Waals surface area contributed by atoms with Crippen LogP contribution in [0.15, 0.2) is 83.1 Å². The molecule has 0 aliphatic heterocycles. The highest BCUT2D eigenvalue weighted by atomic mass is 35.5. The van der Waals surface area contributed by atoms with Gasteiger partial charge in [-0.15, -0.1) is 10.2 Å². The van der Waals surface area contributed by atoms with E-state index >= 15 is 0 Å². The Kier molecular flexibility index (Phi) is 7.93. The average Bonchev–Trinajstić information content (AvgIpc) is 3.33. The van der Waals surface area contributed by atoms with Gasteiger partial charge in [-0.2, -0.15) is 5.10 Å². The summed E-state index contributed by atoms with van der Waals surface area (Å²) in [5, 5.41) is 24.2. The number of hydrogen-bond acceptors (Lipinski definition) is 8. The first-order valence-corrected chi connectivity index (χ1v) is 11.9. The lowest BCUT2D eigenvalue weighted by Crippen LogP contribution is -2.20. The lowest BCUT2D eigenvalue weighted by molar-refractivity contribution is -0.384. The van der Waals surface area contributed by atoms with Crippen molar-refractivity contribution < 1.29 is 14.5 Å². The van der Waals surface area contributed by atoms with Crippen molar-refractivity contribution in [2.45, 2.75) is 5.16 Å². The van der Waals surface area contributed by atoms with Gasteiger partial charge in [0.2, 0.25) is 0 Å². The van der Waals surface area contributed by atoms with E-state index in [9.17, 15) is 14.9 Å². The minimum Gasteiger partial charge on any atom is -0.497 e. The highest BCUT2D eigenvalue weighted by Gasteiger charge is 2.17. The number of hydrazone groups is 1. The molecular formula is C24H19ClN6O4S. The number of rotatable bonds is 9. The molecule has 12 heteroatoms.